The Balaban J connectivity index is 2.81. The zero-order valence-corrected chi connectivity index (χ0v) is 8.47. The summed E-state index contributed by atoms with van der Waals surface area (Å²) < 4.78 is 6.01. The van der Waals surface area contributed by atoms with Crippen LogP contribution in [0.15, 0.2) is 17.5 Å². The summed E-state index contributed by atoms with van der Waals surface area (Å²) >= 11 is 1.40. The normalized spacial score (nSPS) is 10.7. The number of aliphatic hydroxyl groups is 1. The maximum Gasteiger partial charge on any atom is 0.137 e. The zero-order valence-electron chi connectivity index (χ0n) is 7.65. The van der Waals surface area contributed by atoms with Crippen LogP contribution in [0.25, 0.3) is 10.1 Å². The van der Waals surface area contributed by atoms with Gasteiger partial charge in [-0.1, -0.05) is 6.07 Å². The highest BCUT2D eigenvalue weighted by molar-refractivity contribution is 7.17. The predicted octanol–water partition coefficient (Wildman–Crippen LogP) is 2.11. The van der Waals surface area contributed by atoms with Crippen LogP contribution in [0.5, 0.6) is 11.5 Å². The summed E-state index contributed by atoms with van der Waals surface area (Å²) in [6.07, 6.45) is 0. The fourth-order valence-corrected chi connectivity index (χ4v) is 2.41. The molecule has 0 unspecified atom stereocenters. The molecule has 0 fully saturated rings. The van der Waals surface area contributed by atoms with Crippen LogP contribution in [0.1, 0.15) is 5.56 Å². The second-order valence-electron chi connectivity index (χ2n) is 2.91. The molecule has 1 aromatic heterocycles. The molecule has 0 saturated carbocycles. The first-order chi connectivity index (χ1) is 6.77. The van der Waals surface area contributed by atoms with Crippen molar-refractivity contribution in [3.05, 3.63) is 23.1 Å². The summed E-state index contributed by atoms with van der Waals surface area (Å²) in [5, 5.41) is 21.0. The Morgan fingerprint density at radius 2 is 2.21 bits per heavy atom. The quantitative estimate of drug-likeness (QED) is 0.798. The van der Waals surface area contributed by atoms with Crippen LogP contribution in [0.2, 0.25) is 0 Å². The van der Waals surface area contributed by atoms with E-state index in [0.717, 1.165) is 10.3 Å². The smallest absolute Gasteiger partial charge is 0.137 e. The first-order valence-corrected chi connectivity index (χ1v) is 5.02. The minimum Gasteiger partial charge on any atom is -0.506 e. The Morgan fingerprint density at radius 3 is 2.86 bits per heavy atom. The molecule has 2 aromatic rings. The number of benzene rings is 1. The van der Waals surface area contributed by atoms with Crippen molar-refractivity contribution in [3.63, 3.8) is 0 Å². The molecule has 0 amide bonds. The fourth-order valence-electron chi connectivity index (χ4n) is 1.45. The van der Waals surface area contributed by atoms with E-state index in [1.54, 1.807) is 24.6 Å². The van der Waals surface area contributed by atoms with E-state index < -0.39 is 0 Å². The molecule has 0 aliphatic heterocycles. The van der Waals surface area contributed by atoms with Crippen molar-refractivity contribution in [3.8, 4) is 11.5 Å². The second kappa shape index (κ2) is 3.48. The molecule has 0 bridgehead atoms. The van der Waals surface area contributed by atoms with Crippen LogP contribution in [0.3, 0.4) is 0 Å². The van der Waals surface area contributed by atoms with Gasteiger partial charge in [-0.25, -0.2) is 0 Å². The number of hydrogen-bond donors (Lipinski definition) is 2. The monoisotopic (exact) mass is 210 g/mol. The number of rotatable bonds is 2. The van der Waals surface area contributed by atoms with Crippen molar-refractivity contribution in [2.45, 2.75) is 6.61 Å². The standard InChI is InChI=1S/C10H10O3S/c1-13-8-3-2-6(4-11)10-9(8)7(12)5-14-10/h2-3,5,11-12H,4H2,1H3. The van der Waals surface area contributed by atoms with Gasteiger partial charge in [0.15, 0.2) is 0 Å². The van der Waals surface area contributed by atoms with Crippen molar-refractivity contribution in [1.29, 1.82) is 0 Å². The average Bonchev–Trinajstić information content (AvgIpc) is 2.60. The number of hydrogen-bond acceptors (Lipinski definition) is 4. The largest absolute Gasteiger partial charge is 0.506 e. The molecule has 14 heavy (non-hydrogen) atoms. The Hall–Kier alpha value is -1.26. The molecule has 74 valence electrons. The van der Waals surface area contributed by atoms with Gasteiger partial charge < -0.3 is 14.9 Å². The third kappa shape index (κ3) is 1.23. The first-order valence-electron chi connectivity index (χ1n) is 4.14. The molecular weight excluding hydrogens is 200 g/mol. The highest BCUT2D eigenvalue weighted by atomic mass is 32.1. The summed E-state index contributed by atoms with van der Waals surface area (Å²) in [7, 11) is 1.56. The van der Waals surface area contributed by atoms with Gasteiger partial charge in [0.05, 0.1) is 19.1 Å². The molecule has 1 aromatic carbocycles. The van der Waals surface area contributed by atoms with E-state index in [9.17, 15) is 5.11 Å². The topological polar surface area (TPSA) is 49.7 Å². The van der Waals surface area contributed by atoms with Crippen molar-refractivity contribution >= 4 is 21.4 Å². The maximum absolute atomic E-state index is 9.59. The lowest BCUT2D eigenvalue weighted by Gasteiger charge is -2.04. The number of aliphatic hydroxyl groups excluding tert-OH is 1. The zero-order chi connectivity index (χ0) is 10.1. The highest BCUT2D eigenvalue weighted by Crippen LogP contribution is 2.39. The van der Waals surface area contributed by atoms with E-state index in [0.29, 0.717) is 11.1 Å². The number of aromatic hydroxyl groups is 1. The van der Waals surface area contributed by atoms with Gasteiger partial charge in [-0.2, -0.15) is 0 Å². The van der Waals surface area contributed by atoms with Gasteiger partial charge in [0.2, 0.25) is 0 Å². The molecule has 0 saturated heterocycles. The Morgan fingerprint density at radius 1 is 1.43 bits per heavy atom. The molecule has 0 aliphatic carbocycles. The molecule has 4 heteroatoms. The van der Waals surface area contributed by atoms with E-state index in [1.165, 1.54) is 11.3 Å². The van der Waals surface area contributed by atoms with Crippen LogP contribution in [-0.2, 0) is 6.61 Å². The third-order valence-corrected chi connectivity index (χ3v) is 3.18. The summed E-state index contributed by atoms with van der Waals surface area (Å²) in [5.74, 6) is 0.841. The van der Waals surface area contributed by atoms with Crippen LogP contribution in [0, 0.1) is 0 Å². The van der Waals surface area contributed by atoms with Crippen LogP contribution in [0.4, 0.5) is 0 Å². The molecular formula is C10H10O3S. The van der Waals surface area contributed by atoms with Gasteiger partial charge in [0.25, 0.3) is 0 Å². The number of thiophene rings is 1. The van der Waals surface area contributed by atoms with Gasteiger partial charge in [0.1, 0.15) is 11.5 Å². The second-order valence-corrected chi connectivity index (χ2v) is 3.79. The number of fused-ring (bicyclic) bond motifs is 1. The average molecular weight is 210 g/mol. The Kier molecular flexibility index (Phi) is 2.31. The van der Waals surface area contributed by atoms with Gasteiger partial charge in [-0.05, 0) is 11.6 Å². The lowest BCUT2D eigenvalue weighted by molar-refractivity contribution is 0.283. The van der Waals surface area contributed by atoms with Gasteiger partial charge in [0, 0.05) is 10.1 Å². The lowest BCUT2D eigenvalue weighted by Crippen LogP contribution is -1.87. The minimum absolute atomic E-state index is 0.0273. The SMILES string of the molecule is COc1ccc(CO)c2scc(O)c12. The number of ether oxygens (including phenoxy) is 1. The minimum atomic E-state index is -0.0273. The van der Waals surface area contributed by atoms with E-state index >= 15 is 0 Å². The lowest BCUT2D eigenvalue weighted by atomic mass is 10.1. The van der Waals surface area contributed by atoms with Gasteiger partial charge in [-0.15, -0.1) is 11.3 Å². The molecule has 3 nitrogen and oxygen atoms in total. The van der Waals surface area contributed by atoms with Gasteiger partial charge in [-0.3, -0.25) is 0 Å². The van der Waals surface area contributed by atoms with Crippen LogP contribution >= 0.6 is 11.3 Å². The number of methoxy groups -OCH3 is 1. The van der Waals surface area contributed by atoms with E-state index in [4.69, 9.17) is 9.84 Å². The van der Waals surface area contributed by atoms with Crippen molar-refractivity contribution in [1.82, 2.24) is 0 Å². The summed E-state index contributed by atoms with van der Waals surface area (Å²) in [5.41, 5.74) is 0.811. The van der Waals surface area contributed by atoms with Crippen molar-refractivity contribution < 1.29 is 14.9 Å². The fraction of sp³-hybridized carbons (Fsp3) is 0.200. The maximum atomic E-state index is 9.59. The summed E-state index contributed by atoms with van der Waals surface area (Å²) in [6.45, 7) is -0.0273. The molecule has 2 rings (SSSR count). The Bertz CT molecular complexity index is 462. The third-order valence-electron chi connectivity index (χ3n) is 2.14. The molecule has 2 N–H and O–H groups in total. The van der Waals surface area contributed by atoms with E-state index in [-0.39, 0.29) is 12.4 Å². The van der Waals surface area contributed by atoms with Crippen molar-refractivity contribution in [2.24, 2.45) is 0 Å². The molecule has 1 heterocycles. The van der Waals surface area contributed by atoms with Gasteiger partial charge >= 0.3 is 0 Å². The molecule has 0 radical (unpaired) electrons. The predicted molar refractivity (Wildman–Crippen MR) is 56.0 cm³/mol. The van der Waals surface area contributed by atoms with E-state index in [2.05, 4.69) is 0 Å². The molecule has 0 spiro atoms. The summed E-state index contributed by atoms with van der Waals surface area (Å²) in [4.78, 5) is 0. The highest BCUT2D eigenvalue weighted by Gasteiger charge is 2.11. The first kappa shape index (κ1) is 9.30. The summed E-state index contributed by atoms with van der Waals surface area (Å²) in [6, 6.07) is 3.55. The van der Waals surface area contributed by atoms with Crippen LogP contribution < -0.4 is 4.74 Å². The molecule has 0 aliphatic rings. The van der Waals surface area contributed by atoms with Crippen LogP contribution in [-0.4, -0.2) is 17.3 Å². The van der Waals surface area contributed by atoms with Crippen molar-refractivity contribution in [2.75, 3.05) is 7.11 Å². The van der Waals surface area contributed by atoms with E-state index in [1.807, 2.05) is 0 Å². The Labute approximate surface area is 85.2 Å². The molecule has 0 atom stereocenters.